The largest absolute Gasteiger partial charge is 0.495 e. The van der Waals surface area contributed by atoms with E-state index >= 15 is 0 Å². The lowest BCUT2D eigenvalue weighted by Crippen LogP contribution is -2.35. The van der Waals surface area contributed by atoms with Gasteiger partial charge in [-0.1, -0.05) is 12.1 Å². The number of methoxy groups -OCH3 is 1. The Hall–Kier alpha value is -1.75. The molecule has 0 aliphatic heterocycles. The minimum Gasteiger partial charge on any atom is -0.495 e. The Kier molecular flexibility index (Phi) is 6.15. The van der Waals surface area contributed by atoms with Gasteiger partial charge in [-0.05, 0) is 38.9 Å². The van der Waals surface area contributed by atoms with Crippen molar-refractivity contribution in [1.29, 1.82) is 0 Å². The molecule has 0 aliphatic carbocycles. The lowest BCUT2D eigenvalue weighted by molar-refractivity contribution is 0.122. The molecule has 106 valence electrons. The van der Waals surface area contributed by atoms with Crippen LogP contribution in [0.2, 0.25) is 0 Å². The molecule has 0 aromatic heterocycles. The summed E-state index contributed by atoms with van der Waals surface area (Å²) in [5.41, 5.74) is 6.22. The van der Waals surface area contributed by atoms with Crippen molar-refractivity contribution in [3.8, 4) is 5.75 Å². The predicted octanol–water partition coefficient (Wildman–Crippen LogP) is 2.40. The zero-order chi connectivity index (χ0) is 14.3. The van der Waals surface area contributed by atoms with Gasteiger partial charge >= 0.3 is 6.09 Å². The summed E-state index contributed by atoms with van der Waals surface area (Å²) in [6, 6.07) is 7.36. The van der Waals surface area contributed by atoms with Crippen LogP contribution < -0.4 is 15.4 Å². The van der Waals surface area contributed by atoms with Crippen molar-refractivity contribution in [2.45, 2.75) is 26.4 Å². The summed E-state index contributed by atoms with van der Waals surface area (Å²) in [4.78, 5) is 13.7. The number of hydrogen-bond acceptors (Lipinski definition) is 4. The molecule has 1 rings (SSSR count). The molecular weight excluding hydrogens is 244 g/mol. The van der Waals surface area contributed by atoms with Crippen LogP contribution in [0.5, 0.6) is 5.75 Å². The number of anilines is 1. The summed E-state index contributed by atoms with van der Waals surface area (Å²) in [5.74, 6) is 0.639. The van der Waals surface area contributed by atoms with E-state index < -0.39 is 0 Å². The van der Waals surface area contributed by atoms with Gasteiger partial charge in [-0.3, -0.25) is 4.90 Å². The van der Waals surface area contributed by atoms with Gasteiger partial charge in [0.1, 0.15) is 5.75 Å². The Morgan fingerprint density at radius 1 is 1.37 bits per heavy atom. The molecule has 1 amide bonds. The number of rotatable bonds is 6. The van der Waals surface area contributed by atoms with Gasteiger partial charge in [0.2, 0.25) is 0 Å². The van der Waals surface area contributed by atoms with Crippen LogP contribution >= 0.6 is 0 Å². The lowest BCUT2D eigenvalue weighted by Gasteiger charge is -2.24. The molecule has 0 unspecified atom stereocenters. The van der Waals surface area contributed by atoms with E-state index in [-0.39, 0.29) is 12.2 Å². The van der Waals surface area contributed by atoms with E-state index in [9.17, 15) is 4.79 Å². The summed E-state index contributed by atoms with van der Waals surface area (Å²) >= 11 is 0. The average molecular weight is 266 g/mol. The standard InChI is InChI=1S/C14H22N2O3/c1-11(2)19-14(17)16(10-6-9-15)12-7-4-5-8-13(12)18-3/h4-5,7-8,11H,6,9-10,15H2,1-3H3. The number of benzene rings is 1. The number of carbonyl (C=O) groups is 1. The smallest absolute Gasteiger partial charge is 0.414 e. The highest BCUT2D eigenvalue weighted by Crippen LogP contribution is 2.28. The topological polar surface area (TPSA) is 64.8 Å². The van der Waals surface area contributed by atoms with Crippen LogP contribution in [0, 0.1) is 0 Å². The van der Waals surface area contributed by atoms with E-state index in [4.69, 9.17) is 15.2 Å². The van der Waals surface area contributed by atoms with Gasteiger partial charge in [-0.2, -0.15) is 0 Å². The van der Waals surface area contributed by atoms with Crippen molar-refractivity contribution in [1.82, 2.24) is 0 Å². The van der Waals surface area contributed by atoms with E-state index in [1.165, 1.54) is 0 Å². The van der Waals surface area contributed by atoms with Gasteiger partial charge in [-0.15, -0.1) is 0 Å². The molecule has 1 aromatic rings. The third-order valence-electron chi connectivity index (χ3n) is 2.52. The maximum atomic E-state index is 12.1. The summed E-state index contributed by atoms with van der Waals surface area (Å²) in [6.07, 6.45) is 0.154. The van der Waals surface area contributed by atoms with Crippen LogP contribution in [0.1, 0.15) is 20.3 Å². The minimum atomic E-state index is -0.382. The van der Waals surface area contributed by atoms with Crippen LogP contribution in [-0.4, -0.2) is 32.4 Å². The molecular formula is C14H22N2O3. The van der Waals surface area contributed by atoms with E-state index in [2.05, 4.69) is 0 Å². The van der Waals surface area contributed by atoms with Crippen LogP contribution in [0.3, 0.4) is 0 Å². The van der Waals surface area contributed by atoms with Crippen molar-refractivity contribution in [3.63, 3.8) is 0 Å². The van der Waals surface area contributed by atoms with Crippen LogP contribution in [0.15, 0.2) is 24.3 Å². The number of carbonyl (C=O) groups excluding carboxylic acids is 1. The molecule has 0 radical (unpaired) electrons. The Balaban J connectivity index is 2.98. The van der Waals surface area contributed by atoms with Gasteiger partial charge in [0.05, 0.1) is 18.9 Å². The van der Waals surface area contributed by atoms with Crippen LogP contribution in [0.4, 0.5) is 10.5 Å². The summed E-state index contributed by atoms with van der Waals surface area (Å²) in [5, 5.41) is 0. The highest BCUT2D eigenvalue weighted by Gasteiger charge is 2.20. The molecule has 2 N–H and O–H groups in total. The van der Waals surface area contributed by atoms with Crippen molar-refractivity contribution in [3.05, 3.63) is 24.3 Å². The van der Waals surface area contributed by atoms with E-state index in [0.717, 1.165) is 0 Å². The fourth-order valence-corrected chi connectivity index (χ4v) is 1.68. The van der Waals surface area contributed by atoms with Crippen molar-refractivity contribution in [2.75, 3.05) is 25.1 Å². The Morgan fingerprint density at radius 3 is 2.63 bits per heavy atom. The summed E-state index contributed by atoms with van der Waals surface area (Å²) < 4.78 is 10.5. The molecule has 1 aromatic carbocycles. The highest BCUT2D eigenvalue weighted by molar-refractivity contribution is 5.89. The normalized spacial score (nSPS) is 10.4. The third-order valence-corrected chi connectivity index (χ3v) is 2.52. The van der Waals surface area contributed by atoms with Gasteiger partial charge in [-0.25, -0.2) is 4.79 Å². The molecule has 19 heavy (non-hydrogen) atoms. The Bertz CT molecular complexity index is 407. The van der Waals surface area contributed by atoms with Crippen molar-refractivity contribution in [2.24, 2.45) is 5.73 Å². The first kappa shape index (κ1) is 15.3. The summed E-state index contributed by atoms with van der Waals surface area (Å²) in [6.45, 7) is 4.66. The second kappa shape index (κ2) is 7.63. The number of ether oxygens (including phenoxy) is 2. The van der Waals surface area contributed by atoms with E-state index in [1.54, 1.807) is 12.0 Å². The minimum absolute atomic E-state index is 0.164. The van der Waals surface area contributed by atoms with Crippen LogP contribution in [0.25, 0.3) is 0 Å². The average Bonchev–Trinajstić information content (AvgIpc) is 2.39. The molecule has 0 saturated heterocycles. The molecule has 5 heteroatoms. The zero-order valence-corrected chi connectivity index (χ0v) is 11.8. The van der Waals surface area contributed by atoms with Gasteiger partial charge in [0.25, 0.3) is 0 Å². The second-order valence-electron chi connectivity index (χ2n) is 4.40. The molecule has 0 aliphatic rings. The Labute approximate surface area is 114 Å². The number of para-hydroxylation sites is 2. The number of nitrogens with zero attached hydrogens (tertiary/aromatic N) is 1. The second-order valence-corrected chi connectivity index (χ2v) is 4.40. The molecule has 0 fully saturated rings. The fraction of sp³-hybridized carbons (Fsp3) is 0.500. The predicted molar refractivity (Wildman–Crippen MR) is 75.6 cm³/mol. The molecule has 0 atom stereocenters. The van der Waals surface area contributed by atoms with Crippen LogP contribution in [-0.2, 0) is 4.74 Å². The lowest BCUT2D eigenvalue weighted by atomic mass is 10.2. The molecule has 0 saturated carbocycles. The molecule has 0 bridgehead atoms. The van der Waals surface area contributed by atoms with Gasteiger partial charge < -0.3 is 15.2 Å². The number of amides is 1. The maximum Gasteiger partial charge on any atom is 0.414 e. The monoisotopic (exact) mass is 266 g/mol. The quantitative estimate of drug-likeness (QED) is 0.858. The Morgan fingerprint density at radius 2 is 2.05 bits per heavy atom. The van der Waals surface area contributed by atoms with E-state index in [0.29, 0.717) is 30.9 Å². The SMILES string of the molecule is COc1ccccc1N(CCCN)C(=O)OC(C)C. The maximum absolute atomic E-state index is 12.1. The first-order chi connectivity index (χ1) is 9.10. The first-order valence-corrected chi connectivity index (χ1v) is 6.41. The highest BCUT2D eigenvalue weighted by atomic mass is 16.6. The number of hydrogen-bond donors (Lipinski definition) is 1. The molecule has 0 spiro atoms. The van der Waals surface area contributed by atoms with Gasteiger partial charge in [0.15, 0.2) is 0 Å². The summed E-state index contributed by atoms with van der Waals surface area (Å²) in [7, 11) is 1.58. The molecule has 0 heterocycles. The third kappa shape index (κ3) is 4.44. The van der Waals surface area contributed by atoms with Crippen molar-refractivity contribution < 1.29 is 14.3 Å². The van der Waals surface area contributed by atoms with Gasteiger partial charge in [0, 0.05) is 6.54 Å². The van der Waals surface area contributed by atoms with E-state index in [1.807, 2.05) is 38.1 Å². The number of nitrogens with two attached hydrogens (primary N) is 1. The van der Waals surface area contributed by atoms with Crippen molar-refractivity contribution >= 4 is 11.8 Å². The fourth-order valence-electron chi connectivity index (χ4n) is 1.68. The zero-order valence-electron chi connectivity index (χ0n) is 11.8. The molecule has 5 nitrogen and oxygen atoms in total. The first-order valence-electron chi connectivity index (χ1n) is 6.41.